The molecule has 1 aliphatic heterocycles. The van der Waals surface area contributed by atoms with E-state index in [4.69, 9.17) is 5.73 Å². The molecule has 1 unspecified atom stereocenters. The third-order valence-corrected chi connectivity index (χ3v) is 3.92. The summed E-state index contributed by atoms with van der Waals surface area (Å²) in [7, 11) is 0. The van der Waals surface area contributed by atoms with Crippen LogP contribution in [0, 0.1) is 0 Å². The molecule has 0 aliphatic carbocycles. The van der Waals surface area contributed by atoms with Crippen molar-refractivity contribution in [2.24, 2.45) is 5.73 Å². The monoisotopic (exact) mass is 250 g/mol. The second-order valence-electron chi connectivity index (χ2n) is 5.11. The molecule has 1 aliphatic rings. The van der Waals surface area contributed by atoms with Crippen molar-refractivity contribution in [2.45, 2.75) is 30.2 Å². The van der Waals surface area contributed by atoms with Gasteiger partial charge in [-0.25, -0.2) is 0 Å². The van der Waals surface area contributed by atoms with Gasteiger partial charge in [0.25, 0.3) is 0 Å². The van der Waals surface area contributed by atoms with E-state index in [0.29, 0.717) is 6.54 Å². The van der Waals surface area contributed by atoms with Gasteiger partial charge in [-0.3, -0.25) is 4.79 Å². The van der Waals surface area contributed by atoms with Gasteiger partial charge in [0, 0.05) is 22.7 Å². The standard InChI is InChI=1S/C13H18N2OS/c1-13(2,14)8-15-12(16)10-7-17-11-6-4-3-5-9(10)11/h3-6,10H,7-8,14H2,1-2H3,(H,15,16). The van der Waals surface area contributed by atoms with Gasteiger partial charge in [-0.05, 0) is 25.5 Å². The van der Waals surface area contributed by atoms with E-state index in [1.165, 1.54) is 4.90 Å². The first-order valence-corrected chi connectivity index (χ1v) is 6.74. The van der Waals surface area contributed by atoms with Crippen LogP contribution in [0.2, 0.25) is 0 Å². The Balaban J connectivity index is 2.03. The van der Waals surface area contributed by atoms with Gasteiger partial charge in [0.2, 0.25) is 5.91 Å². The highest BCUT2D eigenvalue weighted by Gasteiger charge is 2.29. The summed E-state index contributed by atoms with van der Waals surface area (Å²) in [4.78, 5) is 13.3. The van der Waals surface area contributed by atoms with Gasteiger partial charge in [0.05, 0.1) is 5.92 Å². The van der Waals surface area contributed by atoms with E-state index in [0.717, 1.165) is 11.3 Å². The fraction of sp³-hybridized carbons (Fsp3) is 0.462. The zero-order chi connectivity index (χ0) is 12.5. The minimum Gasteiger partial charge on any atom is -0.354 e. The molecular weight excluding hydrogens is 232 g/mol. The summed E-state index contributed by atoms with van der Waals surface area (Å²) in [5.41, 5.74) is 6.64. The summed E-state index contributed by atoms with van der Waals surface area (Å²) in [6, 6.07) is 8.10. The molecule has 0 spiro atoms. The summed E-state index contributed by atoms with van der Waals surface area (Å²) >= 11 is 1.75. The molecule has 92 valence electrons. The number of fused-ring (bicyclic) bond motifs is 1. The normalized spacial score (nSPS) is 18.9. The van der Waals surface area contributed by atoms with Gasteiger partial charge in [0.1, 0.15) is 0 Å². The van der Waals surface area contributed by atoms with Gasteiger partial charge in [-0.15, -0.1) is 11.8 Å². The lowest BCUT2D eigenvalue weighted by atomic mass is 10.00. The molecule has 0 radical (unpaired) electrons. The predicted molar refractivity (Wildman–Crippen MR) is 71.2 cm³/mol. The van der Waals surface area contributed by atoms with Crippen molar-refractivity contribution in [2.75, 3.05) is 12.3 Å². The van der Waals surface area contributed by atoms with E-state index in [1.54, 1.807) is 11.8 Å². The van der Waals surface area contributed by atoms with E-state index < -0.39 is 0 Å². The summed E-state index contributed by atoms with van der Waals surface area (Å²) in [5, 5.41) is 2.93. The molecule has 1 aromatic carbocycles. The maximum Gasteiger partial charge on any atom is 0.228 e. The summed E-state index contributed by atoms with van der Waals surface area (Å²) < 4.78 is 0. The van der Waals surface area contributed by atoms with Crippen molar-refractivity contribution in [3.05, 3.63) is 29.8 Å². The maximum absolute atomic E-state index is 12.1. The molecule has 1 atom stereocenters. The number of hydrogen-bond acceptors (Lipinski definition) is 3. The molecule has 2 rings (SSSR count). The molecule has 3 nitrogen and oxygen atoms in total. The largest absolute Gasteiger partial charge is 0.354 e. The highest BCUT2D eigenvalue weighted by molar-refractivity contribution is 7.99. The first kappa shape index (κ1) is 12.5. The van der Waals surface area contributed by atoms with Gasteiger partial charge in [-0.1, -0.05) is 18.2 Å². The van der Waals surface area contributed by atoms with Crippen LogP contribution in [-0.2, 0) is 4.79 Å². The van der Waals surface area contributed by atoms with Crippen molar-refractivity contribution in [3.8, 4) is 0 Å². The number of carbonyl (C=O) groups is 1. The Morgan fingerprint density at radius 3 is 2.94 bits per heavy atom. The highest BCUT2D eigenvalue weighted by Crippen LogP contribution is 2.39. The first-order chi connectivity index (χ1) is 7.97. The van der Waals surface area contributed by atoms with Crippen molar-refractivity contribution in [1.29, 1.82) is 0 Å². The molecule has 0 saturated carbocycles. The smallest absolute Gasteiger partial charge is 0.228 e. The average Bonchev–Trinajstić information content (AvgIpc) is 2.68. The van der Waals surface area contributed by atoms with Crippen LogP contribution in [0.15, 0.2) is 29.2 Å². The Labute approximate surface area is 106 Å². The minimum atomic E-state index is -0.360. The van der Waals surface area contributed by atoms with Crippen molar-refractivity contribution in [3.63, 3.8) is 0 Å². The third-order valence-electron chi connectivity index (χ3n) is 2.73. The Hall–Kier alpha value is -1.00. The molecule has 0 fully saturated rings. The van der Waals surface area contributed by atoms with Crippen molar-refractivity contribution >= 4 is 17.7 Å². The summed E-state index contributed by atoms with van der Waals surface area (Å²) in [6.45, 7) is 4.32. The number of thioether (sulfide) groups is 1. The zero-order valence-electron chi connectivity index (χ0n) is 10.2. The van der Waals surface area contributed by atoms with Gasteiger partial charge in [-0.2, -0.15) is 0 Å². The van der Waals surface area contributed by atoms with Gasteiger partial charge >= 0.3 is 0 Å². The van der Waals surface area contributed by atoms with Crippen molar-refractivity contribution in [1.82, 2.24) is 5.32 Å². The number of nitrogens with two attached hydrogens (primary N) is 1. The third kappa shape index (κ3) is 3.01. The van der Waals surface area contributed by atoms with Crippen LogP contribution in [0.25, 0.3) is 0 Å². The number of nitrogens with one attached hydrogen (secondary N) is 1. The quantitative estimate of drug-likeness (QED) is 0.859. The van der Waals surface area contributed by atoms with Crippen LogP contribution in [-0.4, -0.2) is 23.7 Å². The van der Waals surface area contributed by atoms with Crippen LogP contribution in [0.5, 0.6) is 0 Å². The van der Waals surface area contributed by atoms with Crippen LogP contribution in [0.3, 0.4) is 0 Å². The topological polar surface area (TPSA) is 55.1 Å². The molecule has 17 heavy (non-hydrogen) atoms. The fourth-order valence-corrected chi connectivity index (χ4v) is 3.05. The van der Waals surface area contributed by atoms with E-state index in [1.807, 2.05) is 32.0 Å². The van der Waals surface area contributed by atoms with Crippen molar-refractivity contribution < 1.29 is 4.79 Å². The first-order valence-electron chi connectivity index (χ1n) is 5.76. The number of hydrogen-bond donors (Lipinski definition) is 2. The number of amides is 1. The molecule has 0 saturated heterocycles. The molecular formula is C13H18N2OS. The van der Waals surface area contributed by atoms with Gasteiger partial charge in [0.15, 0.2) is 0 Å². The van der Waals surface area contributed by atoms with Crippen LogP contribution in [0.4, 0.5) is 0 Å². The number of carbonyl (C=O) groups excluding carboxylic acids is 1. The number of rotatable bonds is 3. The van der Waals surface area contributed by atoms with E-state index in [-0.39, 0.29) is 17.4 Å². The fourth-order valence-electron chi connectivity index (χ4n) is 1.82. The molecule has 4 heteroatoms. The lowest BCUT2D eigenvalue weighted by molar-refractivity contribution is -0.122. The van der Waals surface area contributed by atoms with Gasteiger partial charge < -0.3 is 11.1 Å². The van der Waals surface area contributed by atoms with Crippen LogP contribution in [0.1, 0.15) is 25.3 Å². The average molecular weight is 250 g/mol. The molecule has 1 amide bonds. The lowest BCUT2D eigenvalue weighted by Crippen LogP contribution is -2.46. The Bertz CT molecular complexity index is 426. The van der Waals surface area contributed by atoms with Crippen LogP contribution < -0.4 is 11.1 Å². The molecule has 0 aromatic heterocycles. The predicted octanol–water partition coefficient (Wildman–Crippen LogP) is 1.73. The minimum absolute atomic E-state index is 0.0291. The van der Waals surface area contributed by atoms with E-state index in [9.17, 15) is 4.79 Å². The molecule has 1 heterocycles. The Kier molecular flexibility index (Phi) is 3.45. The maximum atomic E-state index is 12.1. The molecule has 0 bridgehead atoms. The van der Waals surface area contributed by atoms with E-state index >= 15 is 0 Å². The highest BCUT2D eigenvalue weighted by atomic mass is 32.2. The zero-order valence-corrected chi connectivity index (χ0v) is 11.0. The lowest BCUT2D eigenvalue weighted by Gasteiger charge is -2.20. The second-order valence-corrected chi connectivity index (χ2v) is 6.17. The summed E-state index contributed by atoms with van der Waals surface area (Å²) in [5.74, 6) is 0.885. The van der Waals surface area contributed by atoms with Crippen LogP contribution >= 0.6 is 11.8 Å². The molecule has 1 aromatic rings. The SMILES string of the molecule is CC(C)(N)CNC(=O)C1CSc2ccccc21. The van der Waals surface area contributed by atoms with E-state index in [2.05, 4.69) is 11.4 Å². The molecule has 3 N–H and O–H groups in total. The summed E-state index contributed by atoms with van der Waals surface area (Å²) in [6.07, 6.45) is 0. The Morgan fingerprint density at radius 2 is 2.24 bits per heavy atom. The number of benzene rings is 1. The Morgan fingerprint density at radius 1 is 1.53 bits per heavy atom. The second kappa shape index (κ2) is 4.70.